The van der Waals surface area contributed by atoms with Crippen molar-refractivity contribution in [2.75, 3.05) is 16.0 Å². The molecule has 0 aromatic heterocycles. The first-order valence-electron chi connectivity index (χ1n) is 9.09. The number of nitrogens with one attached hydrogen (secondary N) is 3. The molecule has 6 nitrogen and oxygen atoms in total. The molecule has 0 radical (unpaired) electrons. The first-order chi connectivity index (χ1) is 13.0. The van der Waals surface area contributed by atoms with E-state index >= 15 is 0 Å². The van der Waals surface area contributed by atoms with Crippen molar-refractivity contribution in [3.63, 3.8) is 0 Å². The molecule has 0 saturated heterocycles. The first-order valence-corrected chi connectivity index (χ1v) is 9.09. The number of rotatable bonds is 5. The molecule has 2 rings (SSSR count). The van der Waals surface area contributed by atoms with Crippen LogP contribution in [-0.4, -0.2) is 17.7 Å². The van der Waals surface area contributed by atoms with Crippen molar-refractivity contribution in [1.82, 2.24) is 0 Å². The van der Waals surface area contributed by atoms with Crippen LogP contribution in [0.15, 0.2) is 36.4 Å². The molecule has 0 aliphatic rings. The number of hydrogen-bond acceptors (Lipinski definition) is 3. The van der Waals surface area contributed by atoms with Crippen LogP contribution >= 0.6 is 0 Å². The van der Waals surface area contributed by atoms with Crippen LogP contribution in [0.1, 0.15) is 37.5 Å². The second kappa shape index (κ2) is 8.25. The molecule has 3 N–H and O–H groups in total. The molecular formula is C22H27N3O3. The Kier molecular flexibility index (Phi) is 6.23. The van der Waals surface area contributed by atoms with Gasteiger partial charge in [0, 0.05) is 24.0 Å². The Hall–Kier alpha value is -3.15. The maximum atomic E-state index is 12.8. The molecule has 0 spiro atoms. The van der Waals surface area contributed by atoms with Crippen LogP contribution in [0.2, 0.25) is 0 Å². The van der Waals surface area contributed by atoms with Gasteiger partial charge in [-0.25, -0.2) is 0 Å². The molecule has 0 bridgehead atoms. The van der Waals surface area contributed by atoms with Crippen molar-refractivity contribution in [2.45, 2.75) is 41.5 Å². The van der Waals surface area contributed by atoms with Gasteiger partial charge in [-0.05, 0) is 63.9 Å². The Morgan fingerprint density at radius 2 is 1.29 bits per heavy atom. The van der Waals surface area contributed by atoms with Gasteiger partial charge in [-0.2, -0.15) is 0 Å². The van der Waals surface area contributed by atoms with Crippen LogP contribution in [0, 0.1) is 26.2 Å². The Balaban J connectivity index is 2.16. The Bertz CT molecular complexity index is 909. The fourth-order valence-corrected chi connectivity index (χ4v) is 2.92. The standard InChI is InChI=1S/C22H27N3O3/c1-13-10-14(2)19(15(3)11-13)25-21(28)22(5,6)20(27)24-18-9-7-8-17(12-18)23-16(4)26/h7-12H,1-6H3,(H,23,26)(H,24,27)(H,25,28). The summed E-state index contributed by atoms with van der Waals surface area (Å²) >= 11 is 0. The summed E-state index contributed by atoms with van der Waals surface area (Å²) in [5, 5.41) is 8.30. The van der Waals surface area contributed by atoms with Crippen molar-refractivity contribution in [1.29, 1.82) is 0 Å². The molecule has 0 heterocycles. The number of carbonyl (C=O) groups excluding carboxylic acids is 3. The third kappa shape index (κ3) is 4.97. The predicted octanol–water partition coefficient (Wildman–Crippen LogP) is 4.17. The van der Waals surface area contributed by atoms with E-state index in [1.807, 2.05) is 32.9 Å². The van der Waals surface area contributed by atoms with Gasteiger partial charge < -0.3 is 16.0 Å². The minimum Gasteiger partial charge on any atom is -0.326 e. The topological polar surface area (TPSA) is 87.3 Å². The lowest BCUT2D eigenvalue weighted by Crippen LogP contribution is -2.41. The average molecular weight is 381 g/mol. The lowest BCUT2D eigenvalue weighted by molar-refractivity contribution is -0.135. The quantitative estimate of drug-likeness (QED) is 0.679. The molecule has 0 saturated carbocycles. The summed E-state index contributed by atoms with van der Waals surface area (Å²) in [4.78, 5) is 36.8. The maximum absolute atomic E-state index is 12.8. The molecule has 0 atom stereocenters. The van der Waals surface area contributed by atoms with Crippen LogP contribution in [0.3, 0.4) is 0 Å². The summed E-state index contributed by atoms with van der Waals surface area (Å²) in [5.74, 6) is -1.03. The van der Waals surface area contributed by atoms with Crippen LogP contribution in [0.5, 0.6) is 0 Å². The largest absolute Gasteiger partial charge is 0.326 e. The zero-order valence-corrected chi connectivity index (χ0v) is 17.2. The van der Waals surface area contributed by atoms with Crippen molar-refractivity contribution in [3.05, 3.63) is 53.1 Å². The van der Waals surface area contributed by atoms with Gasteiger partial charge >= 0.3 is 0 Å². The molecule has 28 heavy (non-hydrogen) atoms. The summed E-state index contributed by atoms with van der Waals surface area (Å²) in [5.41, 5.74) is 3.51. The fraction of sp³-hybridized carbons (Fsp3) is 0.318. The molecular weight excluding hydrogens is 354 g/mol. The van der Waals surface area contributed by atoms with E-state index in [0.29, 0.717) is 11.4 Å². The molecule has 3 amide bonds. The Labute approximate surface area is 165 Å². The molecule has 2 aromatic carbocycles. The highest BCUT2D eigenvalue weighted by Crippen LogP contribution is 2.26. The molecule has 2 aromatic rings. The van der Waals surface area contributed by atoms with E-state index in [4.69, 9.17) is 0 Å². The lowest BCUT2D eigenvalue weighted by atomic mass is 9.90. The molecule has 0 unspecified atom stereocenters. The summed E-state index contributed by atoms with van der Waals surface area (Å²) < 4.78 is 0. The van der Waals surface area contributed by atoms with Crippen molar-refractivity contribution in [2.24, 2.45) is 5.41 Å². The summed E-state index contributed by atoms with van der Waals surface area (Å²) in [6.07, 6.45) is 0. The molecule has 0 aliphatic carbocycles. The number of hydrogen-bond donors (Lipinski definition) is 3. The zero-order chi connectivity index (χ0) is 21.1. The van der Waals surface area contributed by atoms with Crippen LogP contribution in [0.25, 0.3) is 0 Å². The van der Waals surface area contributed by atoms with Gasteiger partial charge in [0.05, 0.1) is 0 Å². The Morgan fingerprint density at radius 3 is 1.82 bits per heavy atom. The zero-order valence-electron chi connectivity index (χ0n) is 17.2. The van der Waals surface area contributed by atoms with Crippen molar-refractivity contribution < 1.29 is 14.4 Å². The number of anilines is 3. The number of benzene rings is 2. The summed E-state index contributed by atoms with van der Waals surface area (Å²) in [7, 11) is 0. The van der Waals surface area contributed by atoms with Crippen molar-refractivity contribution >= 4 is 34.8 Å². The van der Waals surface area contributed by atoms with Gasteiger partial charge in [0.15, 0.2) is 0 Å². The third-order valence-corrected chi connectivity index (χ3v) is 4.49. The van der Waals surface area contributed by atoms with E-state index in [9.17, 15) is 14.4 Å². The predicted molar refractivity (Wildman–Crippen MR) is 112 cm³/mol. The van der Waals surface area contributed by atoms with Gasteiger partial charge in [0.2, 0.25) is 17.7 Å². The van der Waals surface area contributed by atoms with Gasteiger partial charge in [-0.1, -0.05) is 23.8 Å². The minimum absolute atomic E-state index is 0.202. The SMILES string of the molecule is CC(=O)Nc1cccc(NC(=O)C(C)(C)C(=O)Nc2c(C)cc(C)cc2C)c1. The first kappa shape index (κ1) is 21.2. The number of carbonyl (C=O) groups is 3. The highest BCUT2D eigenvalue weighted by Gasteiger charge is 2.36. The summed E-state index contributed by atoms with van der Waals surface area (Å²) in [6, 6.07) is 10.8. The maximum Gasteiger partial charge on any atom is 0.239 e. The van der Waals surface area contributed by atoms with Crippen LogP contribution < -0.4 is 16.0 Å². The molecule has 0 fully saturated rings. The van der Waals surface area contributed by atoms with E-state index in [1.165, 1.54) is 6.92 Å². The van der Waals surface area contributed by atoms with E-state index in [-0.39, 0.29) is 5.91 Å². The van der Waals surface area contributed by atoms with E-state index < -0.39 is 17.2 Å². The smallest absolute Gasteiger partial charge is 0.239 e. The molecule has 0 aliphatic heterocycles. The van der Waals surface area contributed by atoms with E-state index in [2.05, 4.69) is 16.0 Å². The molecule has 6 heteroatoms. The second-order valence-corrected chi connectivity index (χ2v) is 7.57. The average Bonchev–Trinajstić information content (AvgIpc) is 2.57. The second-order valence-electron chi connectivity index (χ2n) is 7.57. The van der Waals surface area contributed by atoms with Gasteiger partial charge in [-0.3, -0.25) is 14.4 Å². The van der Waals surface area contributed by atoms with Gasteiger partial charge in [-0.15, -0.1) is 0 Å². The van der Waals surface area contributed by atoms with Crippen LogP contribution in [0.4, 0.5) is 17.1 Å². The van der Waals surface area contributed by atoms with Crippen LogP contribution in [-0.2, 0) is 14.4 Å². The minimum atomic E-state index is -1.30. The summed E-state index contributed by atoms with van der Waals surface area (Å²) in [6.45, 7) is 10.4. The number of amides is 3. The fourth-order valence-electron chi connectivity index (χ4n) is 2.92. The monoisotopic (exact) mass is 381 g/mol. The lowest BCUT2D eigenvalue weighted by Gasteiger charge is -2.24. The molecule has 148 valence electrons. The van der Waals surface area contributed by atoms with Gasteiger partial charge in [0.25, 0.3) is 0 Å². The highest BCUT2D eigenvalue weighted by molar-refractivity contribution is 6.14. The highest BCUT2D eigenvalue weighted by atomic mass is 16.2. The Morgan fingerprint density at radius 1 is 0.786 bits per heavy atom. The third-order valence-electron chi connectivity index (χ3n) is 4.49. The normalized spacial score (nSPS) is 10.9. The number of aryl methyl sites for hydroxylation is 3. The van der Waals surface area contributed by atoms with Crippen molar-refractivity contribution in [3.8, 4) is 0 Å². The van der Waals surface area contributed by atoms with E-state index in [0.717, 1.165) is 22.4 Å². The van der Waals surface area contributed by atoms with Gasteiger partial charge in [0.1, 0.15) is 5.41 Å². The van der Waals surface area contributed by atoms with E-state index in [1.54, 1.807) is 38.1 Å².